The highest BCUT2D eigenvalue weighted by atomic mass is 16.5. The van der Waals surface area contributed by atoms with Crippen LogP contribution in [0.15, 0.2) is 0 Å². The van der Waals surface area contributed by atoms with Gasteiger partial charge in [-0.25, -0.2) is 0 Å². The molecule has 0 aromatic carbocycles. The number of Topliss-reactive ketones (excluding diaryl/α,β-unsaturated/α-hetero) is 1. The van der Waals surface area contributed by atoms with Crippen LogP contribution in [0.4, 0.5) is 0 Å². The SMILES string of the molecule is CC(=O)OCC(=O)C1(O)C(C)CC2C3CCC4CC(OC(C)=O)CCC4(C)C3CCC21C. The number of ketones is 1. The highest BCUT2D eigenvalue weighted by Gasteiger charge is 2.69. The molecule has 4 aliphatic carbocycles. The minimum Gasteiger partial charge on any atom is -0.463 e. The first-order valence-electron chi connectivity index (χ1n) is 12.5. The van der Waals surface area contributed by atoms with Gasteiger partial charge in [-0.05, 0) is 86.4 Å². The van der Waals surface area contributed by atoms with E-state index in [1.807, 2.05) is 6.92 Å². The molecular formula is C26H40O6. The summed E-state index contributed by atoms with van der Waals surface area (Å²) in [4.78, 5) is 35.9. The molecule has 4 saturated carbocycles. The minimum absolute atomic E-state index is 0.0477. The quantitative estimate of drug-likeness (QED) is 0.652. The second kappa shape index (κ2) is 8.11. The van der Waals surface area contributed by atoms with Crippen molar-refractivity contribution in [3.05, 3.63) is 0 Å². The van der Waals surface area contributed by atoms with E-state index >= 15 is 0 Å². The second-order valence-electron chi connectivity index (χ2n) is 11.7. The first-order valence-corrected chi connectivity index (χ1v) is 12.5. The monoisotopic (exact) mass is 448 g/mol. The summed E-state index contributed by atoms with van der Waals surface area (Å²) in [6.07, 6.45) is 7.92. The molecule has 0 aromatic rings. The Hall–Kier alpha value is -1.43. The maximum atomic E-state index is 13.1. The molecule has 6 heteroatoms. The summed E-state index contributed by atoms with van der Waals surface area (Å²) < 4.78 is 10.6. The van der Waals surface area contributed by atoms with Gasteiger partial charge in [0.05, 0.1) is 0 Å². The Balaban J connectivity index is 1.55. The van der Waals surface area contributed by atoms with Crippen molar-refractivity contribution in [3.8, 4) is 0 Å². The van der Waals surface area contributed by atoms with Gasteiger partial charge < -0.3 is 14.6 Å². The molecule has 4 aliphatic rings. The highest BCUT2D eigenvalue weighted by Crippen LogP contribution is 2.69. The number of carbonyl (C=O) groups excluding carboxylic acids is 3. The number of carbonyl (C=O) groups is 3. The fourth-order valence-corrected chi connectivity index (χ4v) is 8.77. The molecule has 0 aliphatic heterocycles. The Kier molecular flexibility index (Phi) is 6.01. The van der Waals surface area contributed by atoms with Crippen molar-refractivity contribution in [2.75, 3.05) is 6.61 Å². The number of rotatable bonds is 4. The van der Waals surface area contributed by atoms with Gasteiger partial charge in [0.2, 0.25) is 5.78 Å². The molecule has 0 spiro atoms. The van der Waals surface area contributed by atoms with Gasteiger partial charge in [0.25, 0.3) is 0 Å². The Labute approximate surface area is 191 Å². The topological polar surface area (TPSA) is 89.9 Å². The van der Waals surface area contributed by atoms with Gasteiger partial charge in [0, 0.05) is 19.3 Å². The Morgan fingerprint density at radius 3 is 2.31 bits per heavy atom. The number of hydrogen-bond acceptors (Lipinski definition) is 6. The maximum absolute atomic E-state index is 13.1. The number of aliphatic hydroxyl groups is 1. The van der Waals surface area contributed by atoms with Gasteiger partial charge in [-0.3, -0.25) is 14.4 Å². The van der Waals surface area contributed by atoms with Crippen molar-refractivity contribution in [2.45, 2.75) is 97.7 Å². The van der Waals surface area contributed by atoms with Crippen molar-refractivity contribution in [2.24, 2.45) is 40.4 Å². The highest BCUT2D eigenvalue weighted by molar-refractivity contribution is 5.91. The summed E-state index contributed by atoms with van der Waals surface area (Å²) in [5, 5.41) is 11.8. The minimum atomic E-state index is -1.44. The molecule has 9 atom stereocenters. The van der Waals surface area contributed by atoms with Crippen LogP contribution in [0.2, 0.25) is 0 Å². The standard InChI is InChI=1S/C26H40O6/c1-15-12-22-20-7-6-18-13-19(32-17(3)28)8-10-24(18,4)21(20)9-11-25(22,5)26(15,30)23(29)14-31-16(2)27/h15,18-22,30H,6-14H2,1-5H3. The number of esters is 2. The van der Waals surface area contributed by atoms with Crippen LogP contribution >= 0.6 is 0 Å². The summed E-state index contributed by atoms with van der Waals surface area (Å²) in [5.41, 5.74) is -1.70. The van der Waals surface area contributed by atoms with Crippen LogP contribution < -0.4 is 0 Å². The lowest BCUT2D eigenvalue weighted by atomic mass is 9.44. The van der Waals surface area contributed by atoms with Crippen LogP contribution in [-0.2, 0) is 23.9 Å². The molecule has 0 saturated heterocycles. The zero-order valence-electron chi connectivity index (χ0n) is 20.3. The van der Waals surface area contributed by atoms with Gasteiger partial charge in [-0.1, -0.05) is 20.8 Å². The summed E-state index contributed by atoms with van der Waals surface area (Å²) >= 11 is 0. The summed E-state index contributed by atoms with van der Waals surface area (Å²) in [6, 6.07) is 0. The summed E-state index contributed by atoms with van der Waals surface area (Å²) in [5.74, 6) is 0.775. The lowest BCUT2D eigenvalue weighted by Crippen LogP contribution is -2.60. The van der Waals surface area contributed by atoms with E-state index in [1.165, 1.54) is 13.8 Å². The van der Waals surface area contributed by atoms with Crippen molar-refractivity contribution in [1.29, 1.82) is 0 Å². The predicted octanol–water partition coefficient (Wildman–Crippen LogP) is 4.07. The van der Waals surface area contributed by atoms with Crippen LogP contribution in [-0.4, -0.2) is 41.1 Å². The van der Waals surface area contributed by atoms with Gasteiger partial charge in [-0.15, -0.1) is 0 Å². The van der Waals surface area contributed by atoms with E-state index in [0.717, 1.165) is 51.4 Å². The van der Waals surface area contributed by atoms with E-state index in [2.05, 4.69) is 13.8 Å². The molecule has 32 heavy (non-hydrogen) atoms. The van der Waals surface area contributed by atoms with E-state index in [-0.39, 0.29) is 35.8 Å². The van der Waals surface area contributed by atoms with E-state index in [0.29, 0.717) is 23.7 Å². The summed E-state index contributed by atoms with van der Waals surface area (Å²) in [7, 11) is 0. The Morgan fingerprint density at radius 1 is 0.938 bits per heavy atom. The first-order chi connectivity index (χ1) is 14.9. The van der Waals surface area contributed by atoms with Crippen LogP contribution in [0.3, 0.4) is 0 Å². The third-order valence-electron chi connectivity index (χ3n) is 10.4. The fourth-order valence-electron chi connectivity index (χ4n) is 8.77. The molecule has 180 valence electrons. The molecule has 6 nitrogen and oxygen atoms in total. The van der Waals surface area contributed by atoms with Crippen molar-refractivity contribution < 1.29 is 29.0 Å². The molecular weight excluding hydrogens is 408 g/mol. The lowest BCUT2D eigenvalue weighted by Gasteiger charge is -2.61. The number of fused-ring (bicyclic) bond motifs is 5. The van der Waals surface area contributed by atoms with Crippen LogP contribution in [0.1, 0.15) is 86.0 Å². The molecule has 0 bridgehead atoms. The van der Waals surface area contributed by atoms with E-state index in [1.54, 1.807) is 0 Å². The largest absolute Gasteiger partial charge is 0.463 e. The second-order valence-corrected chi connectivity index (χ2v) is 11.7. The average molecular weight is 449 g/mol. The zero-order chi connectivity index (χ0) is 23.5. The van der Waals surface area contributed by atoms with Crippen molar-refractivity contribution >= 4 is 17.7 Å². The molecule has 4 rings (SSSR count). The average Bonchev–Trinajstić information content (AvgIpc) is 2.93. The maximum Gasteiger partial charge on any atom is 0.303 e. The van der Waals surface area contributed by atoms with Gasteiger partial charge in [0.1, 0.15) is 11.7 Å². The fraction of sp³-hybridized carbons (Fsp3) is 0.885. The zero-order valence-corrected chi connectivity index (χ0v) is 20.3. The van der Waals surface area contributed by atoms with Crippen molar-refractivity contribution in [3.63, 3.8) is 0 Å². The van der Waals surface area contributed by atoms with Gasteiger partial charge in [0.15, 0.2) is 6.61 Å². The van der Waals surface area contributed by atoms with E-state index in [9.17, 15) is 19.5 Å². The number of ether oxygens (including phenoxy) is 2. The molecule has 0 radical (unpaired) electrons. The lowest BCUT2D eigenvalue weighted by molar-refractivity contribution is -0.183. The molecule has 0 amide bonds. The summed E-state index contributed by atoms with van der Waals surface area (Å²) in [6.45, 7) is 8.98. The van der Waals surface area contributed by atoms with Crippen LogP contribution in [0.5, 0.6) is 0 Å². The third kappa shape index (κ3) is 3.43. The predicted molar refractivity (Wildman–Crippen MR) is 118 cm³/mol. The molecule has 4 fully saturated rings. The van der Waals surface area contributed by atoms with E-state index < -0.39 is 17.0 Å². The Bertz CT molecular complexity index is 793. The van der Waals surface area contributed by atoms with Crippen LogP contribution in [0, 0.1) is 40.4 Å². The molecule has 9 unspecified atom stereocenters. The molecule has 0 heterocycles. The normalized spacial score (nSPS) is 47.6. The van der Waals surface area contributed by atoms with Gasteiger partial charge in [-0.2, -0.15) is 0 Å². The Morgan fingerprint density at radius 2 is 1.66 bits per heavy atom. The molecule has 0 aromatic heterocycles. The third-order valence-corrected chi connectivity index (χ3v) is 10.4. The van der Waals surface area contributed by atoms with Crippen LogP contribution in [0.25, 0.3) is 0 Å². The van der Waals surface area contributed by atoms with Gasteiger partial charge >= 0.3 is 11.9 Å². The first kappa shape index (κ1) is 23.7. The van der Waals surface area contributed by atoms with E-state index in [4.69, 9.17) is 9.47 Å². The smallest absolute Gasteiger partial charge is 0.303 e. The molecule has 1 N–H and O–H groups in total. The number of hydrogen-bond donors (Lipinski definition) is 1. The van der Waals surface area contributed by atoms with Crippen molar-refractivity contribution in [1.82, 2.24) is 0 Å².